The van der Waals surface area contributed by atoms with Crippen LogP contribution in [0.3, 0.4) is 0 Å². The van der Waals surface area contributed by atoms with Gasteiger partial charge in [-0.05, 0) is 28.1 Å². The molecule has 0 aromatic carbocycles. The third kappa shape index (κ3) is 2.68. The van der Waals surface area contributed by atoms with Crippen LogP contribution in [-0.2, 0) is 9.59 Å². The summed E-state index contributed by atoms with van der Waals surface area (Å²) < 4.78 is 0.755. The second-order valence-corrected chi connectivity index (χ2v) is 4.77. The van der Waals surface area contributed by atoms with E-state index in [1.165, 1.54) is 11.3 Å². The molecule has 2 N–H and O–H groups in total. The van der Waals surface area contributed by atoms with E-state index >= 15 is 0 Å². The first-order valence-corrected chi connectivity index (χ1v) is 5.05. The number of carboxylic acid groups (broad SMARTS) is 2. The molecule has 0 saturated heterocycles. The monoisotopic (exact) mass is 276 g/mol. The number of thiophene rings is 1. The lowest BCUT2D eigenvalue weighted by Crippen LogP contribution is -2.01. The van der Waals surface area contributed by atoms with E-state index in [4.69, 9.17) is 10.2 Å². The summed E-state index contributed by atoms with van der Waals surface area (Å²) in [6, 6.07) is 3.22. The zero-order chi connectivity index (χ0) is 10.7. The number of carboxylic acids is 2. The summed E-state index contributed by atoms with van der Waals surface area (Å²) in [5, 5.41) is 17.2. The second kappa shape index (κ2) is 4.39. The minimum atomic E-state index is -1.27. The third-order valence-electron chi connectivity index (χ3n) is 1.34. The number of halogens is 1. The molecule has 0 unspecified atom stereocenters. The third-order valence-corrected chi connectivity index (χ3v) is 2.99. The van der Waals surface area contributed by atoms with Crippen LogP contribution in [0.5, 0.6) is 0 Å². The summed E-state index contributed by atoms with van der Waals surface area (Å²) in [4.78, 5) is 21.5. The number of hydrogen-bond donors (Lipinski definition) is 2. The largest absolute Gasteiger partial charge is 0.478 e. The maximum Gasteiger partial charge on any atom is 0.337 e. The van der Waals surface area contributed by atoms with Crippen molar-refractivity contribution in [3.05, 3.63) is 26.9 Å². The molecule has 1 aromatic heterocycles. The Balaban J connectivity index is 3.13. The molecule has 0 spiro atoms. The van der Waals surface area contributed by atoms with Crippen LogP contribution in [0.25, 0.3) is 5.57 Å². The average Bonchev–Trinajstić information content (AvgIpc) is 2.46. The molecule has 14 heavy (non-hydrogen) atoms. The van der Waals surface area contributed by atoms with Crippen molar-refractivity contribution in [2.45, 2.75) is 0 Å². The van der Waals surface area contributed by atoms with Gasteiger partial charge in [0.05, 0.1) is 9.36 Å². The molecular weight excluding hydrogens is 272 g/mol. The van der Waals surface area contributed by atoms with Crippen LogP contribution >= 0.6 is 27.3 Å². The summed E-state index contributed by atoms with van der Waals surface area (Å²) in [6.45, 7) is 0. The van der Waals surface area contributed by atoms with Gasteiger partial charge < -0.3 is 10.2 Å². The van der Waals surface area contributed by atoms with Crippen LogP contribution in [0.2, 0.25) is 0 Å². The van der Waals surface area contributed by atoms with E-state index in [1.807, 2.05) is 0 Å². The number of rotatable bonds is 3. The molecule has 6 heteroatoms. The summed E-state index contributed by atoms with van der Waals surface area (Å²) in [6.07, 6.45) is 0.681. The normalized spacial score (nSPS) is 11.4. The summed E-state index contributed by atoms with van der Waals surface area (Å²) >= 11 is 4.34. The summed E-state index contributed by atoms with van der Waals surface area (Å²) in [5.41, 5.74) is -0.215. The fraction of sp³-hybridized carbons (Fsp3) is 0. The van der Waals surface area contributed by atoms with E-state index in [0.29, 0.717) is 11.0 Å². The fourth-order valence-corrected chi connectivity index (χ4v) is 2.21. The minimum absolute atomic E-state index is 0.215. The Bertz CT molecular complexity index is 407. The Hall–Kier alpha value is -1.14. The molecule has 1 aromatic rings. The lowest BCUT2D eigenvalue weighted by molar-refractivity contribution is -0.133. The smallest absolute Gasteiger partial charge is 0.337 e. The maximum absolute atomic E-state index is 10.7. The molecule has 0 aliphatic heterocycles. The molecular formula is C8H5BrO4S. The van der Waals surface area contributed by atoms with Gasteiger partial charge in [-0.2, -0.15) is 0 Å². The van der Waals surface area contributed by atoms with E-state index in [9.17, 15) is 9.59 Å². The zero-order valence-corrected chi connectivity index (χ0v) is 9.13. The summed E-state index contributed by atoms with van der Waals surface area (Å²) in [7, 11) is 0. The SMILES string of the molecule is O=C(O)/C=C(\C(=O)O)c1ccc(Br)s1. The highest BCUT2D eigenvalue weighted by atomic mass is 79.9. The van der Waals surface area contributed by atoms with Gasteiger partial charge in [0.15, 0.2) is 0 Å². The van der Waals surface area contributed by atoms with Crippen molar-refractivity contribution in [3.63, 3.8) is 0 Å². The van der Waals surface area contributed by atoms with Crippen LogP contribution in [0.4, 0.5) is 0 Å². The molecule has 0 saturated carbocycles. The van der Waals surface area contributed by atoms with Gasteiger partial charge in [-0.1, -0.05) is 0 Å². The highest BCUT2D eigenvalue weighted by molar-refractivity contribution is 9.11. The lowest BCUT2D eigenvalue weighted by Gasteiger charge is -1.95. The molecule has 0 amide bonds. The highest BCUT2D eigenvalue weighted by Gasteiger charge is 2.13. The van der Waals surface area contributed by atoms with Crippen LogP contribution in [0.1, 0.15) is 4.88 Å². The van der Waals surface area contributed by atoms with E-state index < -0.39 is 11.9 Å². The van der Waals surface area contributed by atoms with Gasteiger partial charge in [0.2, 0.25) is 0 Å². The highest BCUT2D eigenvalue weighted by Crippen LogP contribution is 2.28. The van der Waals surface area contributed by atoms with Crippen molar-refractivity contribution < 1.29 is 19.8 Å². The molecule has 0 radical (unpaired) electrons. The van der Waals surface area contributed by atoms with Crippen molar-refractivity contribution in [2.24, 2.45) is 0 Å². The lowest BCUT2D eigenvalue weighted by atomic mass is 10.2. The van der Waals surface area contributed by atoms with Crippen molar-refractivity contribution in [2.75, 3.05) is 0 Å². The van der Waals surface area contributed by atoms with Crippen LogP contribution in [-0.4, -0.2) is 22.2 Å². The van der Waals surface area contributed by atoms with E-state index in [0.717, 1.165) is 3.79 Å². The van der Waals surface area contributed by atoms with Crippen molar-refractivity contribution in [1.29, 1.82) is 0 Å². The Morgan fingerprint density at radius 3 is 2.36 bits per heavy atom. The van der Waals surface area contributed by atoms with Crippen LogP contribution in [0.15, 0.2) is 22.0 Å². The molecule has 1 rings (SSSR count). The Morgan fingerprint density at radius 2 is 2.00 bits per heavy atom. The quantitative estimate of drug-likeness (QED) is 0.829. The Morgan fingerprint density at radius 1 is 1.36 bits per heavy atom. The zero-order valence-electron chi connectivity index (χ0n) is 6.73. The van der Waals surface area contributed by atoms with Gasteiger partial charge in [-0.25, -0.2) is 9.59 Å². The predicted octanol–water partition coefficient (Wildman–Crippen LogP) is 2.06. The molecule has 0 fully saturated rings. The maximum atomic E-state index is 10.7. The van der Waals surface area contributed by atoms with E-state index in [-0.39, 0.29) is 5.57 Å². The van der Waals surface area contributed by atoms with Crippen LogP contribution in [0, 0.1) is 0 Å². The second-order valence-electron chi connectivity index (χ2n) is 2.31. The molecule has 1 heterocycles. The number of hydrogen-bond acceptors (Lipinski definition) is 3. The molecule has 0 aliphatic carbocycles. The fourth-order valence-electron chi connectivity index (χ4n) is 0.821. The van der Waals surface area contributed by atoms with E-state index in [2.05, 4.69) is 15.9 Å². The van der Waals surface area contributed by atoms with Gasteiger partial charge in [-0.3, -0.25) is 0 Å². The Labute approximate surface area is 91.6 Å². The standard InChI is InChI=1S/C8H5BrO4S/c9-6-2-1-5(14-6)4(8(12)13)3-7(10)11/h1-3H,(H,10,11)(H,12,13)/b4-3-. The number of aliphatic carboxylic acids is 2. The molecule has 0 bridgehead atoms. The molecule has 0 atom stereocenters. The first-order valence-electron chi connectivity index (χ1n) is 3.44. The first-order chi connectivity index (χ1) is 6.50. The van der Waals surface area contributed by atoms with Gasteiger partial charge in [0.1, 0.15) is 0 Å². The summed E-state index contributed by atoms with van der Waals surface area (Å²) in [5.74, 6) is -2.52. The van der Waals surface area contributed by atoms with Crippen molar-refractivity contribution in [1.82, 2.24) is 0 Å². The average molecular weight is 277 g/mol. The number of carbonyl (C=O) groups is 2. The van der Waals surface area contributed by atoms with Gasteiger partial charge in [0, 0.05) is 11.0 Å². The topological polar surface area (TPSA) is 74.6 Å². The molecule has 0 aliphatic rings. The predicted molar refractivity (Wildman–Crippen MR) is 55.3 cm³/mol. The van der Waals surface area contributed by atoms with Crippen LogP contribution < -0.4 is 0 Å². The molecule has 4 nitrogen and oxygen atoms in total. The van der Waals surface area contributed by atoms with Gasteiger partial charge in [-0.15, -0.1) is 11.3 Å². The minimum Gasteiger partial charge on any atom is -0.478 e. The van der Waals surface area contributed by atoms with E-state index in [1.54, 1.807) is 12.1 Å². The first kappa shape index (κ1) is 10.9. The van der Waals surface area contributed by atoms with Crippen molar-refractivity contribution in [3.8, 4) is 0 Å². The Kier molecular flexibility index (Phi) is 3.43. The van der Waals surface area contributed by atoms with Gasteiger partial charge >= 0.3 is 11.9 Å². The van der Waals surface area contributed by atoms with Crippen molar-refractivity contribution >= 4 is 44.8 Å². The van der Waals surface area contributed by atoms with Gasteiger partial charge in [0.25, 0.3) is 0 Å². The molecule has 74 valence electrons.